The van der Waals surface area contributed by atoms with Crippen LogP contribution in [0.1, 0.15) is 13.3 Å². The Morgan fingerprint density at radius 1 is 1.21 bits per heavy atom. The summed E-state index contributed by atoms with van der Waals surface area (Å²) in [6.07, 6.45) is 0.347. The Morgan fingerprint density at radius 3 is 2.21 bits per heavy atom. The van der Waals surface area contributed by atoms with Gasteiger partial charge in [-0.1, -0.05) is 6.58 Å². The molecule has 1 atom stereocenters. The van der Waals surface area contributed by atoms with Gasteiger partial charge < -0.3 is 23.9 Å². The maximum Gasteiger partial charge on any atom is 0.333 e. The third kappa shape index (κ3) is 7.58. The fourth-order valence-electron chi connectivity index (χ4n) is 1.43. The monoisotopic (exact) mass is 273 g/mol. The number of carboxylic acids is 1. The number of carbonyl (C=O) groups excluding carboxylic acids is 2. The van der Waals surface area contributed by atoms with Crippen molar-refractivity contribution in [1.29, 1.82) is 0 Å². The first kappa shape index (κ1) is 17.6. The fraction of sp³-hybridized carbons (Fsp3) is 0.692. The zero-order valence-corrected chi connectivity index (χ0v) is 12.1. The summed E-state index contributed by atoms with van der Waals surface area (Å²) in [6, 6.07) is -0.627. The molecule has 0 amide bonds. The summed E-state index contributed by atoms with van der Waals surface area (Å²) in [6.45, 7) is 5.65. The Morgan fingerprint density at radius 2 is 1.79 bits per heavy atom. The largest absolute Gasteiger partial charge is 0.544 e. The van der Waals surface area contributed by atoms with Gasteiger partial charge in [0.25, 0.3) is 0 Å². The standard InChI is InChI=1S/C13H23NO5/c1-10(2)13(17)19-9-8-18-7-6-11(12(15)16)14(3,4)5/h11H,1,6-9H2,2-5H3. The lowest BCUT2D eigenvalue weighted by atomic mass is 10.2. The molecule has 0 radical (unpaired) electrons. The molecule has 1 unspecified atom stereocenters. The molecular formula is C13H23NO5. The van der Waals surface area contributed by atoms with Gasteiger partial charge in [-0.2, -0.15) is 0 Å². The number of aliphatic carboxylic acids is 1. The van der Waals surface area contributed by atoms with Crippen molar-refractivity contribution < 1.29 is 28.7 Å². The molecule has 0 aliphatic heterocycles. The summed E-state index contributed by atoms with van der Waals surface area (Å²) in [5.74, 6) is -1.55. The highest BCUT2D eigenvalue weighted by molar-refractivity contribution is 5.86. The topological polar surface area (TPSA) is 75.7 Å². The zero-order chi connectivity index (χ0) is 15.1. The van der Waals surface area contributed by atoms with Crippen molar-refractivity contribution in [2.45, 2.75) is 19.4 Å². The summed E-state index contributed by atoms with van der Waals surface area (Å²) in [5.41, 5.74) is 0.335. The molecule has 0 saturated carbocycles. The molecule has 6 heteroatoms. The lowest BCUT2D eigenvalue weighted by Crippen LogP contribution is -2.55. The van der Waals surface area contributed by atoms with Gasteiger partial charge in [-0.25, -0.2) is 4.79 Å². The van der Waals surface area contributed by atoms with E-state index in [1.54, 1.807) is 28.1 Å². The van der Waals surface area contributed by atoms with Crippen molar-refractivity contribution in [1.82, 2.24) is 0 Å². The maximum atomic E-state index is 11.0. The second-order valence-electron chi connectivity index (χ2n) is 5.27. The van der Waals surface area contributed by atoms with E-state index in [0.29, 0.717) is 12.0 Å². The van der Waals surface area contributed by atoms with Crippen LogP contribution >= 0.6 is 0 Å². The fourth-order valence-corrected chi connectivity index (χ4v) is 1.43. The van der Waals surface area contributed by atoms with Crippen LogP contribution in [-0.2, 0) is 19.1 Å². The Bertz CT molecular complexity index is 332. The summed E-state index contributed by atoms with van der Waals surface area (Å²) >= 11 is 0. The first-order valence-corrected chi connectivity index (χ1v) is 6.08. The molecule has 6 nitrogen and oxygen atoms in total. The van der Waals surface area contributed by atoms with E-state index in [9.17, 15) is 14.7 Å². The number of rotatable bonds is 9. The highest BCUT2D eigenvalue weighted by Crippen LogP contribution is 2.07. The number of nitrogens with zero attached hydrogens (tertiary/aromatic N) is 1. The molecule has 0 fully saturated rings. The number of carbonyl (C=O) groups is 2. The van der Waals surface area contributed by atoms with Crippen LogP contribution in [0.15, 0.2) is 12.2 Å². The van der Waals surface area contributed by atoms with Crippen LogP contribution in [-0.4, -0.2) is 63.4 Å². The lowest BCUT2D eigenvalue weighted by Gasteiger charge is -2.34. The molecule has 0 aromatic heterocycles. The van der Waals surface area contributed by atoms with Gasteiger partial charge in [0.15, 0.2) is 0 Å². The van der Waals surface area contributed by atoms with Crippen molar-refractivity contribution >= 4 is 11.9 Å². The second kappa shape index (κ2) is 7.91. The first-order valence-electron chi connectivity index (χ1n) is 6.08. The third-order valence-electron chi connectivity index (χ3n) is 2.55. The molecule has 0 spiro atoms. The smallest absolute Gasteiger partial charge is 0.333 e. The molecule has 0 aliphatic carbocycles. The SMILES string of the molecule is C=C(C)C(=O)OCCOCCC(C(=O)[O-])[N+](C)(C)C. The summed E-state index contributed by atoms with van der Waals surface area (Å²) in [5, 5.41) is 11.0. The Balaban J connectivity index is 3.82. The normalized spacial score (nSPS) is 12.8. The van der Waals surface area contributed by atoms with E-state index in [2.05, 4.69) is 6.58 Å². The Hall–Kier alpha value is -1.40. The van der Waals surface area contributed by atoms with Gasteiger partial charge in [-0.05, 0) is 6.92 Å². The van der Waals surface area contributed by atoms with Gasteiger partial charge in [0.05, 0.1) is 40.3 Å². The number of carboxylic acid groups (broad SMARTS) is 1. The van der Waals surface area contributed by atoms with Gasteiger partial charge in [0.2, 0.25) is 0 Å². The van der Waals surface area contributed by atoms with E-state index >= 15 is 0 Å². The molecule has 0 N–H and O–H groups in total. The van der Waals surface area contributed by atoms with Crippen molar-refractivity contribution in [2.75, 3.05) is 41.0 Å². The minimum absolute atomic E-state index is 0.131. The third-order valence-corrected chi connectivity index (χ3v) is 2.55. The van der Waals surface area contributed by atoms with Crippen LogP contribution < -0.4 is 5.11 Å². The Kier molecular flexibility index (Phi) is 7.33. The number of ether oxygens (including phenoxy) is 2. The average Bonchev–Trinajstić information content (AvgIpc) is 2.24. The quantitative estimate of drug-likeness (QED) is 0.241. The molecule has 0 bridgehead atoms. The van der Waals surface area contributed by atoms with Gasteiger partial charge in [-0.3, -0.25) is 0 Å². The molecule has 0 aromatic rings. The van der Waals surface area contributed by atoms with Crippen LogP contribution in [0.2, 0.25) is 0 Å². The van der Waals surface area contributed by atoms with Crippen molar-refractivity contribution in [3.05, 3.63) is 12.2 Å². The predicted octanol–water partition coefficient (Wildman–Crippen LogP) is -0.663. The highest BCUT2D eigenvalue weighted by atomic mass is 16.6. The molecule has 110 valence electrons. The molecule has 0 aromatic carbocycles. The lowest BCUT2D eigenvalue weighted by molar-refractivity contribution is -0.889. The predicted molar refractivity (Wildman–Crippen MR) is 68.0 cm³/mol. The number of likely N-dealkylation sites (N-methyl/N-ethyl adjacent to an activating group) is 1. The molecule has 0 aliphatic rings. The molecule has 19 heavy (non-hydrogen) atoms. The van der Waals surface area contributed by atoms with Gasteiger partial charge in [0.1, 0.15) is 12.6 Å². The minimum Gasteiger partial charge on any atom is -0.544 e. The number of hydrogen-bond acceptors (Lipinski definition) is 5. The van der Waals surface area contributed by atoms with Crippen molar-refractivity contribution in [2.24, 2.45) is 0 Å². The molecular weight excluding hydrogens is 250 g/mol. The minimum atomic E-state index is -1.09. The number of hydrogen-bond donors (Lipinski definition) is 0. The molecule has 0 rings (SSSR count). The average molecular weight is 273 g/mol. The Labute approximate surface area is 114 Å². The summed E-state index contributed by atoms with van der Waals surface area (Å²) in [4.78, 5) is 22.0. The van der Waals surface area contributed by atoms with E-state index < -0.39 is 18.0 Å². The summed E-state index contributed by atoms with van der Waals surface area (Å²) < 4.78 is 10.3. The van der Waals surface area contributed by atoms with Crippen molar-refractivity contribution in [3.8, 4) is 0 Å². The summed E-state index contributed by atoms with van der Waals surface area (Å²) in [7, 11) is 5.36. The van der Waals surface area contributed by atoms with Crippen LogP contribution in [0.25, 0.3) is 0 Å². The molecule has 0 heterocycles. The van der Waals surface area contributed by atoms with E-state index in [4.69, 9.17) is 9.47 Å². The molecule has 0 saturated heterocycles. The van der Waals surface area contributed by atoms with Crippen LogP contribution in [0.4, 0.5) is 0 Å². The van der Waals surface area contributed by atoms with E-state index in [1.807, 2.05) is 0 Å². The maximum absolute atomic E-state index is 11.0. The van der Waals surface area contributed by atoms with Gasteiger partial charge >= 0.3 is 5.97 Å². The van der Waals surface area contributed by atoms with Crippen LogP contribution in [0.5, 0.6) is 0 Å². The zero-order valence-electron chi connectivity index (χ0n) is 12.1. The van der Waals surface area contributed by atoms with Gasteiger partial charge in [0, 0.05) is 12.0 Å². The number of esters is 1. The van der Waals surface area contributed by atoms with Crippen LogP contribution in [0, 0.1) is 0 Å². The first-order chi connectivity index (χ1) is 8.66. The highest BCUT2D eigenvalue weighted by Gasteiger charge is 2.24. The van der Waals surface area contributed by atoms with Gasteiger partial charge in [-0.15, -0.1) is 0 Å². The van der Waals surface area contributed by atoms with E-state index in [-0.39, 0.29) is 24.3 Å². The van der Waals surface area contributed by atoms with E-state index in [0.717, 1.165) is 0 Å². The second-order valence-corrected chi connectivity index (χ2v) is 5.27. The van der Waals surface area contributed by atoms with Crippen molar-refractivity contribution in [3.63, 3.8) is 0 Å². The van der Waals surface area contributed by atoms with E-state index in [1.165, 1.54) is 0 Å². The van der Waals surface area contributed by atoms with Crippen LogP contribution in [0.3, 0.4) is 0 Å². The number of quaternary nitrogens is 1.